The zero-order valence-corrected chi connectivity index (χ0v) is 37.6. The van der Waals surface area contributed by atoms with Crippen LogP contribution in [-0.4, -0.2) is 37.2 Å². The van der Waals surface area contributed by atoms with Gasteiger partial charge in [-0.25, -0.2) is 0 Å². The SMILES string of the molecule is CC/C=C\C/C=C\C/C=C\CCCC(=O)OC(COC(=O)CCC/C=C\CCCCCC)COC(=O)CCCCCCCCCCCCCCCCCCCCC. The van der Waals surface area contributed by atoms with Crippen molar-refractivity contribution in [3.63, 3.8) is 0 Å². The molecule has 0 aliphatic rings. The predicted octanol–water partition coefficient (Wildman–Crippen LogP) is 15.5. The van der Waals surface area contributed by atoms with Gasteiger partial charge in [0.25, 0.3) is 0 Å². The molecule has 0 aliphatic carbocycles. The second-order valence-corrected chi connectivity index (χ2v) is 16.0. The summed E-state index contributed by atoms with van der Waals surface area (Å²) in [6.07, 6.45) is 54.1. The zero-order chi connectivity index (χ0) is 41.5. The van der Waals surface area contributed by atoms with Crippen molar-refractivity contribution in [1.29, 1.82) is 0 Å². The first-order valence-corrected chi connectivity index (χ1v) is 24.1. The quantitative estimate of drug-likeness (QED) is 0.0265. The van der Waals surface area contributed by atoms with E-state index in [2.05, 4.69) is 69.4 Å². The van der Waals surface area contributed by atoms with Crippen LogP contribution >= 0.6 is 0 Å². The van der Waals surface area contributed by atoms with Crippen molar-refractivity contribution in [3.8, 4) is 0 Å². The summed E-state index contributed by atoms with van der Waals surface area (Å²) < 4.78 is 16.6. The normalized spacial score (nSPS) is 12.4. The number of esters is 3. The van der Waals surface area contributed by atoms with Crippen molar-refractivity contribution in [1.82, 2.24) is 0 Å². The van der Waals surface area contributed by atoms with Gasteiger partial charge >= 0.3 is 17.9 Å². The van der Waals surface area contributed by atoms with Gasteiger partial charge in [-0.15, -0.1) is 0 Å². The fraction of sp³-hybridized carbons (Fsp3) is 0.784. The Hall–Kier alpha value is -2.63. The Morgan fingerprint density at radius 1 is 0.368 bits per heavy atom. The fourth-order valence-corrected chi connectivity index (χ4v) is 6.70. The van der Waals surface area contributed by atoms with Crippen molar-refractivity contribution in [2.24, 2.45) is 0 Å². The van der Waals surface area contributed by atoms with E-state index in [-0.39, 0.29) is 37.5 Å². The van der Waals surface area contributed by atoms with E-state index in [4.69, 9.17) is 14.2 Å². The van der Waals surface area contributed by atoms with E-state index in [1.807, 2.05) is 0 Å². The highest BCUT2D eigenvalue weighted by molar-refractivity contribution is 5.71. The average molecular weight is 799 g/mol. The molecule has 0 bridgehead atoms. The van der Waals surface area contributed by atoms with Gasteiger partial charge in [0.15, 0.2) is 6.10 Å². The maximum absolute atomic E-state index is 12.7. The van der Waals surface area contributed by atoms with E-state index in [0.717, 1.165) is 57.8 Å². The minimum absolute atomic E-state index is 0.0998. The number of hydrogen-bond donors (Lipinski definition) is 0. The maximum Gasteiger partial charge on any atom is 0.306 e. The van der Waals surface area contributed by atoms with E-state index in [0.29, 0.717) is 25.7 Å². The van der Waals surface area contributed by atoms with E-state index in [9.17, 15) is 14.4 Å². The third-order valence-electron chi connectivity index (χ3n) is 10.3. The number of carbonyl (C=O) groups excluding carboxylic acids is 3. The van der Waals surface area contributed by atoms with Gasteiger partial charge in [-0.3, -0.25) is 14.4 Å². The minimum Gasteiger partial charge on any atom is -0.462 e. The van der Waals surface area contributed by atoms with E-state index in [1.165, 1.54) is 128 Å². The highest BCUT2D eigenvalue weighted by Gasteiger charge is 2.19. The fourth-order valence-electron chi connectivity index (χ4n) is 6.70. The molecule has 0 N–H and O–H groups in total. The summed E-state index contributed by atoms with van der Waals surface area (Å²) in [4.78, 5) is 37.7. The minimum atomic E-state index is -0.805. The van der Waals surface area contributed by atoms with Crippen molar-refractivity contribution >= 4 is 17.9 Å². The molecule has 0 aromatic rings. The third-order valence-corrected chi connectivity index (χ3v) is 10.3. The Bertz CT molecular complexity index is 1010. The Morgan fingerprint density at radius 2 is 0.702 bits per heavy atom. The second kappa shape index (κ2) is 46.1. The Labute approximate surface area is 352 Å². The molecule has 0 aromatic heterocycles. The summed E-state index contributed by atoms with van der Waals surface area (Å²) in [5, 5.41) is 0. The van der Waals surface area contributed by atoms with Crippen molar-refractivity contribution in [2.45, 2.75) is 245 Å². The molecule has 57 heavy (non-hydrogen) atoms. The van der Waals surface area contributed by atoms with Crippen LogP contribution < -0.4 is 0 Å². The molecule has 0 radical (unpaired) electrons. The molecule has 0 amide bonds. The van der Waals surface area contributed by atoms with Gasteiger partial charge in [0.2, 0.25) is 0 Å². The molecule has 0 saturated heterocycles. The van der Waals surface area contributed by atoms with Gasteiger partial charge in [-0.2, -0.15) is 0 Å². The van der Waals surface area contributed by atoms with Crippen LogP contribution in [-0.2, 0) is 28.6 Å². The van der Waals surface area contributed by atoms with Crippen molar-refractivity contribution < 1.29 is 28.6 Å². The number of rotatable bonds is 43. The van der Waals surface area contributed by atoms with Crippen LogP contribution in [0, 0.1) is 0 Å². The molecule has 0 aromatic carbocycles. The van der Waals surface area contributed by atoms with Gasteiger partial charge in [-0.05, 0) is 64.2 Å². The lowest BCUT2D eigenvalue weighted by molar-refractivity contribution is -0.167. The van der Waals surface area contributed by atoms with Crippen LogP contribution in [0.4, 0.5) is 0 Å². The lowest BCUT2D eigenvalue weighted by Gasteiger charge is -2.18. The Morgan fingerprint density at radius 3 is 1.16 bits per heavy atom. The molecule has 0 saturated carbocycles. The maximum atomic E-state index is 12.7. The largest absolute Gasteiger partial charge is 0.462 e. The van der Waals surface area contributed by atoms with E-state index < -0.39 is 6.10 Å². The van der Waals surface area contributed by atoms with Crippen LogP contribution in [0.3, 0.4) is 0 Å². The molecule has 6 heteroatoms. The summed E-state index contributed by atoms with van der Waals surface area (Å²) in [6.45, 7) is 6.42. The number of unbranched alkanes of at least 4 members (excludes halogenated alkanes) is 24. The van der Waals surface area contributed by atoms with Crippen LogP contribution in [0.2, 0.25) is 0 Å². The lowest BCUT2D eigenvalue weighted by Crippen LogP contribution is -2.30. The van der Waals surface area contributed by atoms with Crippen LogP contribution in [0.25, 0.3) is 0 Å². The van der Waals surface area contributed by atoms with Gasteiger partial charge in [0.1, 0.15) is 13.2 Å². The number of carbonyl (C=O) groups is 3. The van der Waals surface area contributed by atoms with E-state index >= 15 is 0 Å². The first-order chi connectivity index (χ1) is 28.0. The van der Waals surface area contributed by atoms with E-state index in [1.54, 1.807) is 0 Å². The van der Waals surface area contributed by atoms with Gasteiger partial charge in [0, 0.05) is 19.3 Å². The predicted molar refractivity (Wildman–Crippen MR) is 242 cm³/mol. The monoisotopic (exact) mass is 799 g/mol. The van der Waals surface area contributed by atoms with Crippen molar-refractivity contribution in [2.75, 3.05) is 13.2 Å². The molecule has 1 atom stereocenters. The highest BCUT2D eigenvalue weighted by Crippen LogP contribution is 2.15. The average Bonchev–Trinajstić information content (AvgIpc) is 3.21. The van der Waals surface area contributed by atoms with Gasteiger partial charge in [0.05, 0.1) is 0 Å². The molecule has 0 rings (SSSR count). The molecule has 0 spiro atoms. The third kappa shape index (κ3) is 44.3. The smallest absolute Gasteiger partial charge is 0.306 e. The summed E-state index contributed by atoms with van der Waals surface area (Å²) >= 11 is 0. The molecule has 0 fully saturated rings. The lowest BCUT2D eigenvalue weighted by atomic mass is 10.0. The molecule has 0 aliphatic heterocycles. The molecule has 1 unspecified atom stereocenters. The molecular weight excluding hydrogens is 709 g/mol. The standard InChI is InChI=1S/C51H90O6/c1-4-7-10-13-16-19-21-22-23-24-25-26-27-28-30-32-35-38-41-44-50(53)56-47-48(46-55-49(52)43-40-37-34-31-18-15-12-9-6-3)57-51(54)45-42-39-36-33-29-20-17-14-11-8-5-2/h8,11,17,20,31,33-34,36,48H,4-7,9-10,12-16,18-19,21-30,32,35,37-47H2,1-3H3/b11-8-,20-17-,34-31-,36-33-. The van der Waals surface area contributed by atoms with Crippen LogP contribution in [0.15, 0.2) is 48.6 Å². The van der Waals surface area contributed by atoms with Crippen LogP contribution in [0.5, 0.6) is 0 Å². The number of allylic oxidation sites excluding steroid dienone is 8. The number of ether oxygens (including phenoxy) is 3. The zero-order valence-electron chi connectivity index (χ0n) is 37.6. The first-order valence-electron chi connectivity index (χ1n) is 24.1. The summed E-state index contributed by atoms with van der Waals surface area (Å²) in [7, 11) is 0. The second-order valence-electron chi connectivity index (χ2n) is 16.0. The molecular formula is C51H90O6. The topological polar surface area (TPSA) is 78.9 Å². The van der Waals surface area contributed by atoms with Crippen molar-refractivity contribution in [3.05, 3.63) is 48.6 Å². The van der Waals surface area contributed by atoms with Gasteiger partial charge in [-0.1, -0.05) is 204 Å². The molecule has 6 nitrogen and oxygen atoms in total. The first kappa shape index (κ1) is 54.4. The Kier molecular flexibility index (Phi) is 43.9. The molecule has 0 heterocycles. The summed E-state index contributed by atoms with van der Waals surface area (Å²) in [6, 6.07) is 0. The summed E-state index contributed by atoms with van der Waals surface area (Å²) in [5.74, 6) is -0.990. The number of hydrogen-bond acceptors (Lipinski definition) is 6. The Balaban J connectivity index is 4.30. The highest BCUT2D eigenvalue weighted by atomic mass is 16.6. The van der Waals surface area contributed by atoms with Gasteiger partial charge < -0.3 is 14.2 Å². The summed E-state index contributed by atoms with van der Waals surface area (Å²) in [5.41, 5.74) is 0. The molecule has 330 valence electrons. The van der Waals surface area contributed by atoms with Crippen LogP contribution in [0.1, 0.15) is 239 Å².